The molecule has 0 bridgehead atoms. The fourth-order valence-corrected chi connectivity index (χ4v) is 3.52. The van der Waals surface area contributed by atoms with Crippen molar-refractivity contribution in [3.05, 3.63) is 66.2 Å². The van der Waals surface area contributed by atoms with E-state index in [2.05, 4.69) is 15.2 Å². The Bertz CT molecular complexity index is 930. The number of aryl methyl sites for hydroxylation is 1. The number of carbonyl (C=O) groups is 1. The van der Waals surface area contributed by atoms with E-state index in [-0.39, 0.29) is 11.8 Å². The lowest BCUT2D eigenvalue weighted by Gasteiger charge is -2.32. The predicted molar refractivity (Wildman–Crippen MR) is 108 cm³/mol. The Kier molecular flexibility index (Phi) is 5.37. The van der Waals surface area contributed by atoms with Crippen molar-refractivity contribution in [1.82, 2.24) is 15.3 Å². The second-order valence-electron chi connectivity index (χ2n) is 7.10. The van der Waals surface area contributed by atoms with Crippen molar-refractivity contribution in [2.45, 2.75) is 26.3 Å². The maximum atomic E-state index is 12.5. The van der Waals surface area contributed by atoms with E-state index in [0.29, 0.717) is 6.54 Å². The Balaban J connectivity index is 1.33. The average Bonchev–Trinajstić information content (AvgIpc) is 3.18. The number of piperidine rings is 1. The first-order valence-corrected chi connectivity index (χ1v) is 9.65. The maximum Gasteiger partial charge on any atom is 0.223 e. The third-order valence-corrected chi connectivity index (χ3v) is 5.10. The van der Waals surface area contributed by atoms with Gasteiger partial charge in [-0.2, -0.15) is 0 Å². The van der Waals surface area contributed by atoms with Gasteiger partial charge in [0.05, 0.1) is 6.54 Å². The minimum atomic E-state index is 0.0303. The van der Waals surface area contributed by atoms with Crippen LogP contribution in [0.25, 0.3) is 11.4 Å². The third kappa shape index (κ3) is 4.22. The van der Waals surface area contributed by atoms with Gasteiger partial charge in [0.2, 0.25) is 5.91 Å². The van der Waals surface area contributed by atoms with Gasteiger partial charge in [0.1, 0.15) is 17.3 Å². The second kappa shape index (κ2) is 8.25. The van der Waals surface area contributed by atoms with Gasteiger partial charge in [0.15, 0.2) is 5.82 Å². The van der Waals surface area contributed by atoms with Crippen LogP contribution in [-0.4, -0.2) is 29.0 Å². The number of nitrogens with one attached hydrogen (secondary N) is 1. The molecule has 144 valence electrons. The number of aromatic nitrogens is 2. The summed E-state index contributed by atoms with van der Waals surface area (Å²) < 4.78 is 5.51. The Hall–Kier alpha value is -3.15. The van der Waals surface area contributed by atoms with Crippen LogP contribution in [-0.2, 0) is 11.3 Å². The number of rotatable bonds is 5. The fraction of sp³-hybridized carbons (Fsp3) is 0.318. The van der Waals surface area contributed by atoms with Crippen LogP contribution in [0.2, 0.25) is 0 Å². The number of anilines is 1. The predicted octanol–water partition coefficient (Wildman–Crippen LogP) is 3.58. The van der Waals surface area contributed by atoms with E-state index in [1.165, 1.54) is 0 Å². The molecule has 1 aromatic carbocycles. The molecule has 1 fully saturated rings. The molecule has 1 aliphatic rings. The van der Waals surface area contributed by atoms with Gasteiger partial charge >= 0.3 is 0 Å². The van der Waals surface area contributed by atoms with Crippen LogP contribution in [0, 0.1) is 12.8 Å². The molecular weight excluding hydrogens is 352 g/mol. The SMILES string of the molecule is Cc1ccc(CNC(=O)C2CCN(c3ccnc(-c4ccccc4)n3)CC2)o1. The van der Waals surface area contributed by atoms with Crippen molar-refractivity contribution in [1.29, 1.82) is 0 Å². The van der Waals surface area contributed by atoms with Crippen molar-refractivity contribution in [2.24, 2.45) is 5.92 Å². The minimum absolute atomic E-state index is 0.0303. The van der Waals surface area contributed by atoms with Gasteiger partial charge in [-0.1, -0.05) is 30.3 Å². The summed E-state index contributed by atoms with van der Waals surface area (Å²) in [5.74, 6) is 3.42. The molecule has 1 aliphatic heterocycles. The number of nitrogens with zero attached hydrogens (tertiary/aromatic N) is 3. The van der Waals surface area contributed by atoms with Gasteiger partial charge < -0.3 is 14.6 Å². The number of hydrogen-bond acceptors (Lipinski definition) is 5. The smallest absolute Gasteiger partial charge is 0.223 e. The van der Waals surface area contributed by atoms with Crippen LogP contribution in [0.15, 0.2) is 59.1 Å². The molecular formula is C22H24N4O2. The lowest BCUT2D eigenvalue weighted by molar-refractivity contribution is -0.125. The summed E-state index contributed by atoms with van der Waals surface area (Å²) in [4.78, 5) is 23.8. The zero-order valence-corrected chi connectivity index (χ0v) is 16.0. The highest BCUT2D eigenvalue weighted by Gasteiger charge is 2.25. The summed E-state index contributed by atoms with van der Waals surface area (Å²) in [7, 11) is 0. The minimum Gasteiger partial charge on any atom is -0.465 e. The lowest BCUT2D eigenvalue weighted by Crippen LogP contribution is -2.40. The molecule has 2 aromatic heterocycles. The number of furan rings is 1. The molecule has 28 heavy (non-hydrogen) atoms. The van der Waals surface area contributed by atoms with E-state index < -0.39 is 0 Å². The van der Waals surface area contributed by atoms with Gasteiger partial charge in [-0.3, -0.25) is 4.79 Å². The molecule has 1 saturated heterocycles. The first kappa shape index (κ1) is 18.2. The summed E-state index contributed by atoms with van der Waals surface area (Å²) in [5.41, 5.74) is 1.01. The van der Waals surface area contributed by atoms with E-state index in [1.54, 1.807) is 6.20 Å². The first-order valence-electron chi connectivity index (χ1n) is 9.65. The van der Waals surface area contributed by atoms with Gasteiger partial charge in [0.25, 0.3) is 0 Å². The summed E-state index contributed by atoms with van der Waals surface area (Å²) >= 11 is 0. The molecule has 1 N–H and O–H groups in total. The maximum absolute atomic E-state index is 12.5. The highest BCUT2D eigenvalue weighted by molar-refractivity contribution is 5.78. The number of carbonyl (C=O) groups excluding carboxylic acids is 1. The topological polar surface area (TPSA) is 71.3 Å². The molecule has 0 atom stereocenters. The molecule has 3 heterocycles. The van der Waals surface area contributed by atoms with Crippen LogP contribution >= 0.6 is 0 Å². The van der Waals surface area contributed by atoms with E-state index in [4.69, 9.17) is 9.40 Å². The van der Waals surface area contributed by atoms with Crippen molar-refractivity contribution in [2.75, 3.05) is 18.0 Å². The summed E-state index contributed by atoms with van der Waals surface area (Å²) in [5, 5.41) is 2.99. The van der Waals surface area contributed by atoms with E-state index in [1.807, 2.05) is 55.5 Å². The van der Waals surface area contributed by atoms with Gasteiger partial charge in [-0.15, -0.1) is 0 Å². The Morgan fingerprint density at radius 2 is 1.93 bits per heavy atom. The Morgan fingerprint density at radius 3 is 2.64 bits per heavy atom. The first-order chi connectivity index (χ1) is 13.7. The van der Waals surface area contributed by atoms with Crippen molar-refractivity contribution < 1.29 is 9.21 Å². The number of amides is 1. The molecule has 1 amide bonds. The van der Waals surface area contributed by atoms with E-state index >= 15 is 0 Å². The van der Waals surface area contributed by atoms with Crippen LogP contribution in [0.1, 0.15) is 24.4 Å². The lowest BCUT2D eigenvalue weighted by atomic mass is 9.96. The molecule has 0 unspecified atom stereocenters. The molecule has 6 heteroatoms. The molecule has 0 saturated carbocycles. The summed E-state index contributed by atoms with van der Waals surface area (Å²) in [6.45, 7) is 3.96. The molecule has 0 radical (unpaired) electrons. The van der Waals surface area contributed by atoms with Crippen molar-refractivity contribution >= 4 is 11.7 Å². The molecule has 0 aliphatic carbocycles. The summed E-state index contributed by atoms with van der Waals surface area (Å²) in [6.07, 6.45) is 3.43. The van der Waals surface area contributed by atoms with Crippen molar-refractivity contribution in [3.63, 3.8) is 0 Å². The third-order valence-electron chi connectivity index (χ3n) is 5.10. The average molecular weight is 376 g/mol. The molecule has 3 aromatic rings. The molecule has 6 nitrogen and oxygen atoms in total. The standard InChI is InChI=1S/C22H24N4O2/c1-16-7-8-19(28-16)15-24-22(27)18-10-13-26(14-11-18)20-9-12-23-21(25-20)17-5-3-2-4-6-17/h2-9,12,18H,10-11,13-15H2,1H3,(H,24,27). The fourth-order valence-electron chi connectivity index (χ4n) is 3.52. The van der Waals surface area contributed by atoms with Gasteiger partial charge in [0, 0.05) is 30.8 Å². The zero-order chi connectivity index (χ0) is 19.3. The van der Waals surface area contributed by atoms with E-state index in [9.17, 15) is 4.79 Å². The van der Waals surface area contributed by atoms with Crippen LogP contribution in [0.5, 0.6) is 0 Å². The monoisotopic (exact) mass is 376 g/mol. The number of benzene rings is 1. The van der Waals surface area contributed by atoms with Crippen LogP contribution < -0.4 is 10.2 Å². The number of hydrogen-bond donors (Lipinski definition) is 1. The second-order valence-corrected chi connectivity index (χ2v) is 7.10. The normalized spacial score (nSPS) is 14.8. The van der Waals surface area contributed by atoms with Crippen molar-refractivity contribution in [3.8, 4) is 11.4 Å². The summed E-state index contributed by atoms with van der Waals surface area (Å²) in [6, 6.07) is 15.7. The zero-order valence-electron chi connectivity index (χ0n) is 16.0. The molecule has 4 rings (SSSR count). The van der Waals surface area contributed by atoms with Gasteiger partial charge in [-0.05, 0) is 38.0 Å². The van der Waals surface area contributed by atoms with E-state index in [0.717, 1.165) is 54.7 Å². The molecule has 0 spiro atoms. The van der Waals surface area contributed by atoms with Gasteiger partial charge in [-0.25, -0.2) is 9.97 Å². The van der Waals surface area contributed by atoms with Crippen LogP contribution in [0.4, 0.5) is 5.82 Å². The highest BCUT2D eigenvalue weighted by atomic mass is 16.3. The quantitative estimate of drug-likeness (QED) is 0.737. The van der Waals surface area contributed by atoms with Crippen LogP contribution in [0.3, 0.4) is 0 Å². The highest BCUT2D eigenvalue weighted by Crippen LogP contribution is 2.24. The Morgan fingerprint density at radius 1 is 1.14 bits per heavy atom. The Labute approximate surface area is 164 Å². The largest absolute Gasteiger partial charge is 0.465 e.